The molecule has 2 aliphatic carbocycles. The molecule has 246 valence electrons. The first-order valence-electron chi connectivity index (χ1n) is 15.8. The number of anilines is 1. The van der Waals surface area contributed by atoms with Crippen molar-refractivity contribution in [1.29, 1.82) is 0 Å². The molecule has 0 aromatic heterocycles. The number of phenols is 1. The number of aromatic hydroxyl groups is 1. The number of imide groups is 2. The van der Waals surface area contributed by atoms with Crippen LogP contribution >= 0.6 is 39.1 Å². The van der Waals surface area contributed by atoms with Crippen molar-refractivity contribution in [3.8, 4) is 5.75 Å². The van der Waals surface area contributed by atoms with E-state index in [1.54, 1.807) is 72.8 Å². The normalized spacial score (nSPS) is 29.2. The van der Waals surface area contributed by atoms with Crippen LogP contribution in [0.3, 0.4) is 0 Å². The average Bonchev–Trinajstić information content (AvgIpc) is 3.46. The number of carbonyl (C=O) groups is 5. The van der Waals surface area contributed by atoms with Crippen molar-refractivity contribution in [3.63, 3.8) is 0 Å². The molecule has 6 unspecified atom stereocenters. The number of phenolic OH excluding ortho intramolecular Hbond substituents is 1. The predicted molar refractivity (Wildman–Crippen MR) is 188 cm³/mol. The Morgan fingerprint density at radius 3 is 2.20 bits per heavy atom. The van der Waals surface area contributed by atoms with Crippen molar-refractivity contribution < 1.29 is 29.1 Å². The maximum atomic E-state index is 14.4. The number of carbonyl (C=O) groups excluding carboxylic acids is 5. The number of likely N-dealkylation sites (tertiary alicyclic amines) is 1. The number of allylic oxidation sites excluding steroid dienone is 2. The quantitative estimate of drug-likeness (QED) is 0.0799. The smallest absolute Gasteiger partial charge is 0.254 e. The summed E-state index contributed by atoms with van der Waals surface area (Å²) in [5.41, 5.74) is 1.99. The fourth-order valence-electron chi connectivity index (χ4n) is 8.38. The summed E-state index contributed by atoms with van der Waals surface area (Å²) in [7, 11) is 0. The Balaban J connectivity index is 1.22. The highest BCUT2D eigenvalue weighted by molar-refractivity contribution is 9.09. The first-order valence-corrected chi connectivity index (χ1v) is 17.7. The monoisotopic (exact) mass is 756 g/mol. The average molecular weight is 758 g/mol. The number of ketones is 1. The van der Waals surface area contributed by atoms with Gasteiger partial charge in [0.2, 0.25) is 11.8 Å². The molecule has 49 heavy (non-hydrogen) atoms. The molecule has 8 nitrogen and oxygen atoms in total. The third-order valence-corrected chi connectivity index (χ3v) is 12.6. The maximum Gasteiger partial charge on any atom is 0.254 e. The van der Waals surface area contributed by atoms with Crippen LogP contribution in [-0.4, -0.2) is 54.6 Å². The zero-order valence-electron chi connectivity index (χ0n) is 25.7. The first-order chi connectivity index (χ1) is 23.5. The minimum atomic E-state index is -2.03. The van der Waals surface area contributed by atoms with Crippen molar-refractivity contribution in [1.82, 2.24) is 4.90 Å². The molecular weight excluding hydrogens is 731 g/mol. The lowest BCUT2D eigenvalue weighted by Crippen LogP contribution is -2.60. The summed E-state index contributed by atoms with van der Waals surface area (Å²) in [6, 6.07) is 25.8. The Kier molecular flexibility index (Phi) is 7.41. The molecule has 4 aliphatic rings. The minimum absolute atomic E-state index is 0.107. The van der Waals surface area contributed by atoms with Gasteiger partial charge in [-0.2, -0.15) is 0 Å². The van der Waals surface area contributed by atoms with Crippen molar-refractivity contribution in [2.24, 2.45) is 17.8 Å². The number of benzene rings is 4. The number of amides is 4. The van der Waals surface area contributed by atoms with E-state index in [1.165, 1.54) is 0 Å². The third kappa shape index (κ3) is 4.31. The fraction of sp³-hybridized carbons (Fsp3) is 0.237. The van der Waals surface area contributed by atoms with Gasteiger partial charge < -0.3 is 5.11 Å². The molecule has 8 rings (SSSR count). The summed E-state index contributed by atoms with van der Waals surface area (Å²) in [4.78, 5) is 67.5. The number of rotatable bonds is 5. The van der Waals surface area contributed by atoms with E-state index < -0.39 is 57.0 Å². The van der Waals surface area contributed by atoms with Gasteiger partial charge in [-0.3, -0.25) is 33.8 Å². The number of alkyl halides is 3. The van der Waals surface area contributed by atoms with Crippen LogP contribution in [0.4, 0.5) is 5.69 Å². The lowest BCUT2D eigenvalue weighted by molar-refractivity contribution is -0.138. The van der Waals surface area contributed by atoms with Crippen LogP contribution < -0.4 is 4.90 Å². The number of halogens is 3. The van der Waals surface area contributed by atoms with E-state index >= 15 is 0 Å². The summed E-state index contributed by atoms with van der Waals surface area (Å²) in [6.45, 7) is 0. The van der Waals surface area contributed by atoms with Crippen LogP contribution in [0.2, 0.25) is 0 Å². The van der Waals surface area contributed by atoms with E-state index in [0.29, 0.717) is 33.3 Å². The van der Waals surface area contributed by atoms with Gasteiger partial charge in [0, 0.05) is 28.0 Å². The molecule has 2 aliphatic heterocycles. The predicted octanol–water partition coefficient (Wildman–Crippen LogP) is 6.69. The van der Waals surface area contributed by atoms with Crippen molar-refractivity contribution in [3.05, 3.63) is 119 Å². The standard InChI is InChI=1S/C38H27BrCl2N2O6/c39-19-42-35(48)37(40)18-28-25(30(38(37,41)36(42)49)27-15-12-20-6-4-5-9-24(20)32(27)45)16-17-26-29(28)34(47)43(33(26)46)23-13-10-22(11-14-23)31(44)21-7-2-1-3-8-21/h1-16,26,28-30,45H,17-19H2. The molecule has 3 fully saturated rings. The largest absolute Gasteiger partial charge is 0.507 e. The van der Waals surface area contributed by atoms with E-state index in [1.807, 2.05) is 24.3 Å². The Bertz CT molecular complexity index is 2160. The number of fused-ring (bicyclic) bond motifs is 5. The van der Waals surface area contributed by atoms with Crippen LogP contribution in [0.25, 0.3) is 10.8 Å². The van der Waals surface area contributed by atoms with Gasteiger partial charge in [0.05, 0.1) is 23.0 Å². The second-order valence-corrected chi connectivity index (χ2v) is 14.7. The highest BCUT2D eigenvalue weighted by Crippen LogP contribution is 2.66. The highest BCUT2D eigenvalue weighted by Gasteiger charge is 2.76. The number of hydrogen-bond donors (Lipinski definition) is 1. The van der Waals surface area contributed by atoms with E-state index in [9.17, 15) is 29.1 Å². The fourth-order valence-corrected chi connectivity index (χ4v) is 9.79. The van der Waals surface area contributed by atoms with Crippen molar-refractivity contribution in [2.75, 3.05) is 10.4 Å². The number of hydrogen-bond acceptors (Lipinski definition) is 6. The molecule has 4 amide bonds. The summed E-state index contributed by atoms with van der Waals surface area (Å²) < 4.78 is 0. The Morgan fingerprint density at radius 1 is 0.816 bits per heavy atom. The third-order valence-electron chi connectivity index (χ3n) is 10.7. The van der Waals surface area contributed by atoms with Crippen molar-refractivity contribution >= 4 is 85.0 Å². The highest BCUT2D eigenvalue weighted by atomic mass is 79.9. The maximum absolute atomic E-state index is 14.4. The van der Waals surface area contributed by atoms with Crippen LogP contribution in [0.5, 0.6) is 5.75 Å². The summed E-state index contributed by atoms with van der Waals surface area (Å²) in [6.07, 6.45) is 1.84. The lowest BCUT2D eigenvalue weighted by Gasteiger charge is -2.50. The van der Waals surface area contributed by atoms with Gasteiger partial charge >= 0.3 is 0 Å². The molecule has 0 spiro atoms. The van der Waals surface area contributed by atoms with Crippen LogP contribution in [0.1, 0.15) is 40.2 Å². The second-order valence-electron chi connectivity index (χ2n) is 13.0. The molecule has 2 saturated heterocycles. The van der Waals surface area contributed by atoms with Gasteiger partial charge in [-0.25, -0.2) is 0 Å². The van der Waals surface area contributed by atoms with E-state index in [-0.39, 0.29) is 29.8 Å². The summed E-state index contributed by atoms with van der Waals surface area (Å²) >= 11 is 17.9. The molecular formula is C38H27BrCl2N2O6. The molecule has 4 aromatic carbocycles. The minimum Gasteiger partial charge on any atom is -0.507 e. The SMILES string of the molecule is O=C(c1ccccc1)c1ccc(N2C(=O)C3CC=C4C(CC5(Cl)C(=O)N(CBr)C(=O)C5(Cl)C4c4ccc5ccccc5c4O)C3C2=O)cc1. The van der Waals surface area contributed by atoms with Gasteiger partial charge in [-0.05, 0) is 48.4 Å². The molecule has 0 radical (unpaired) electrons. The molecule has 2 heterocycles. The van der Waals surface area contributed by atoms with E-state index in [0.717, 1.165) is 15.2 Å². The molecule has 4 aromatic rings. The van der Waals surface area contributed by atoms with Crippen molar-refractivity contribution in [2.45, 2.75) is 28.5 Å². The Labute approximate surface area is 299 Å². The van der Waals surface area contributed by atoms with Gasteiger partial charge in [-0.15, -0.1) is 23.2 Å². The molecule has 6 atom stereocenters. The second kappa shape index (κ2) is 11.4. The van der Waals surface area contributed by atoms with Crippen LogP contribution in [0, 0.1) is 17.8 Å². The Morgan fingerprint density at radius 2 is 1.49 bits per heavy atom. The van der Waals surface area contributed by atoms with Crippen LogP contribution in [-0.2, 0) is 19.2 Å². The van der Waals surface area contributed by atoms with Crippen LogP contribution in [0.15, 0.2) is 103 Å². The van der Waals surface area contributed by atoms with Gasteiger partial charge in [0.25, 0.3) is 11.8 Å². The van der Waals surface area contributed by atoms with Gasteiger partial charge in [-0.1, -0.05) is 94.3 Å². The molecule has 0 bridgehead atoms. The lowest BCUT2D eigenvalue weighted by atomic mass is 9.56. The van der Waals surface area contributed by atoms with E-state index in [4.69, 9.17) is 23.2 Å². The van der Waals surface area contributed by atoms with Gasteiger partial charge in [0.15, 0.2) is 15.5 Å². The number of nitrogens with zero attached hydrogens (tertiary/aromatic N) is 2. The molecule has 1 saturated carbocycles. The summed E-state index contributed by atoms with van der Waals surface area (Å²) in [5, 5.41) is 13.0. The van der Waals surface area contributed by atoms with Gasteiger partial charge in [0.1, 0.15) is 5.75 Å². The zero-order chi connectivity index (χ0) is 34.4. The molecule has 11 heteroatoms. The zero-order valence-corrected chi connectivity index (χ0v) is 28.8. The Hall–Kier alpha value is -4.31. The first kappa shape index (κ1) is 31.9. The molecule has 1 N–H and O–H groups in total. The topological polar surface area (TPSA) is 112 Å². The van der Waals surface area contributed by atoms with E-state index in [2.05, 4.69) is 15.9 Å². The summed E-state index contributed by atoms with van der Waals surface area (Å²) in [5.74, 6) is -6.06.